The number of likely N-dealkylation sites (N-methyl/N-ethyl adjacent to an activating group) is 1. The number of halogens is 2. The maximum Gasteiger partial charge on any atom is 0.424 e. The maximum atomic E-state index is 12.7. The van der Waals surface area contributed by atoms with E-state index in [-0.39, 0.29) is 50.6 Å². The Bertz CT molecular complexity index is 844. The molecule has 2 atom stereocenters. The number of carbonyl (C=O) groups is 2. The zero-order chi connectivity index (χ0) is 37.2. The fourth-order valence-corrected chi connectivity index (χ4v) is 6.92. The van der Waals surface area contributed by atoms with E-state index in [0.717, 1.165) is 38.5 Å². The topological polar surface area (TPSA) is 88.1 Å². The second kappa shape index (κ2) is 36.6. The van der Waals surface area contributed by atoms with Crippen LogP contribution in [0.2, 0.25) is 0 Å². The van der Waals surface area contributed by atoms with Gasteiger partial charge >= 0.3 is 18.9 Å². The first kappa shape index (κ1) is 52.7. The van der Waals surface area contributed by atoms with Crippen molar-refractivity contribution in [3.8, 4) is 0 Å². The van der Waals surface area contributed by atoms with E-state index < -0.39 is 13.1 Å². The summed E-state index contributed by atoms with van der Waals surface area (Å²) in [5.74, 6) is -0.719. The number of rotatable bonds is 38. The molecule has 0 aromatic carbocycles. The van der Waals surface area contributed by atoms with E-state index in [1.807, 2.05) is 21.1 Å². The number of quaternary nitrogens is 1. The molecule has 0 heterocycles. The number of esters is 2. The summed E-state index contributed by atoms with van der Waals surface area (Å²) in [6.07, 6.45) is 31.8. The Labute approximate surface area is 325 Å². The molecule has 0 spiro atoms. The smallest absolute Gasteiger partial charge is 0.424 e. The normalized spacial score (nSPS) is 13.4. The average molecular weight is 789 g/mol. The molecule has 306 valence electrons. The first-order chi connectivity index (χ1) is 24.0. The van der Waals surface area contributed by atoms with Crippen molar-refractivity contribution >= 4 is 30.1 Å². The van der Waals surface area contributed by atoms with E-state index >= 15 is 0 Å². The fourth-order valence-electron chi connectivity index (χ4n) is 5.83. The number of unbranched alkanes of at least 4 members (excludes halogenated alkanes) is 24. The van der Waals surface area contributed by atoms with Crippen molar-refractivity contribution in [2.75, 3.05) is 47.5 Å². The summed E-state index contributed by atoms with van der Waals surface area (Å²) in [7, 11) is 5.97. The zero-order valence-corrected chi connectivity index (χ0v) is 36.1. The Morgan fingerprint density at radius 2 is 0.902 bits per heavy atom. The highest BCUT2D eigenvalue weighted by molar-refractivity contribution is 7.81. The molecule has 0 aliphatic rings. The molecule has 1 unspecified atom stereocenters. The second-order valence-electron chi connectivity index (χ2n) is 15.4. The number of carbonyl (C=O) groups excluding carboxylic acids is 2. The van der Waals surface area contributed by atoms with Crippen LogP contribution in [0.5, 0.6) is 0 Å². The van der Waals surface area contributed by atoms with Crippen molar-refractivity contribution in [1.29, 1.82) is 0 Å². The third-order valence-corrected chi connectivity index (χ3v) is 10.7. The lowest BCUT2D eigenvalue weighted by Crippen LogP contribution is -3.00. The molecule has 11 heteroatoms. The summed E-state index contributed by atoms with van der Waals surface area (Å²) in [6.45, 7) is 0.921. The molecule has 0 bridgehead atoms. The van der Waals surface area contributed by atoms with E-state index in [0.29, 0.717) is 17.4 Å². The minimum absolute atomic E-state index is 0. The van der Waals surface area contributed by atoms with E-state index in [9.17, 15) is 14.2 Å². The fraction of sp³-hybridized carbons (Fsp3) is 0.950. The molecule has 0 radical (unpaired) electrons. The summed E-state index contributed by atoms with van der Waals surface area (Å²) < 4.78 is 35.0. The highest BCUT2D eigenvalue weighted by atomic mass is 35.7. The molecule has 0 aliphatic heterocycles. The molecule has 8 nitrogen and oxygen atoms in total. The molecule has 0 saturated heterocycles. The van der Waals surface area contributed by atoms with Gasteiger partial charge in [-0.2, -0.15) is 0 Å². The van der Waals surface area contributed by atoms with Crippen LogP contribution in [0.25, 0.3) is 0 Å². The molecular formula is C40H80Cl2NO7P. The number of hydrogen-bond donors (Lipinski definition) is 0. The Balaban J connectivity index is 0. The van der Waals surface area contributed by atoms with Gasteiger partial charge in [-0.05, 0) is 12.8 Å². The van der Waals surface area contributed by atoms with E-state index in [1.54, 1.807) is 0 Å². The molecule has 0 fully saturated rings. The van der Waals surface area contributed by atoms with Crippen LogP contribution in [-0.2, 0) is 32.7 Å². The van der Waals surface area contributed by atoms with Gasteiger partial charge in [0.25, 0.3) is 0 Å². The van der Waals surface area contributed by atoms with Gasteiger partial charge in [-0.15, -0.1) is 0 Å². The highest BCUT2D eigenvalue weighted by Gasteiger charge is 2.27. The summed E-state index contributed by atoms with van der Waals surface area (Å²) in [5, 5.41) is 0. The van der Waals surface area contributed by atoms with Crippen LogP contribution in [0, 0.1) is 0 Å². The number of ether oxygens (including phenoxy) is 2. The molecule has 51 heavy (non-hydrogen) atoms. The molecule has 0 saturated carbocycles. The van der Waals surface area contributed by atoms with Gasteiger partial charge in [-0.25, -0.2) is 4.57 Å². The van der Waals surface area contributed by atoms with Crippen LogP contribution in [0.1, 0.15) is 194 Å². The van der Waals surface area contributed by atoms with Crippen molar-refractivity contribution in [3.63, 3.8) is 0 Å². The Morgan fingerprint density at radius 3 is 1.27 bits per heavy atom. The van der Waals surface area contributed by atoms with Crippen molar-refractivity contribution in [1.82, 2.24) is 0 Å². The van der Waals surface area contributed by atoms with Crippen molar-refractivity contribution in [3.05, 3.63) is 0 Å². The van der Waals surface area contributed by atoms with Gasteiger partial charge in [0.2, 0.25) is 0 Å². The van der Waals surface area contributed by atoms with Gasteiger partial charge in [0.05, 0.1) is 27.7 Å². The third-order valence-electron chi connectivity index (χ3n) is 9.12. The van der Waals surface area contributed by atoms with Crippen LogP contribution >= 0.6 is 18.2 Å². The Morgan fingerprint density at radius 1 is 0.549 bits per heavy atom. The standard InChI is InChI=1S/C40H80ClNO7P.ClH/c1-6-8-10-12-14-16-18-20-22-24-26-28-30-32-39(43)46-36-38(37-48-50(41,45)47-35-34-42(3,4)5)49-40(44)33-31-29-27-25-23-21-19-17-15-13-11-9-7-2;/h38H,6-37H2,1-5H3;1H/q+1;/p-1/t38-,50?;/m0./s1. The molecule has 0 aliphatic carbocycles. The SMILES string of the molecule is CCCCCCCCCCCCCCCC(=O)OC[C@@H](COP(=O)(Cl)OCC[N+](C)(C)C)OC(=O)CCCCCCCCCCCCCCC.[Cl-]. The first-order valence-electron chi connectivity index (χ1n) is 20.7. The van der Waals surface area contributed by atoms with Crippen LogP contribution in [0.3, 0.4) is 0 Å². The van der Waals surface area contributed by atoms with E-state index in [1.165, 1.54) is 128 Å². The predicted octanol–water partition coefficient (Wildman–Crippen LogP) is 9.49. The third kappa shape index (κ3) is 40.6. The minimum atomic E-state index is -3.89. The van der Waals surface area contributed by atoms with Crippen molar-refractivity contribution in [2.45, 2.75) is 200 Å². The summed E-state index contributed by atoms with van der Waals surface area (Å²) in [6, 6.07) is 0. The maximum absolute atomic E-state index is 12.7. The second-order valence-corrected chi connectivity index (χ2v) is 18.0. The molecule has 0 aromatic heterocycles. The summed E-state index contributed by atoms with van der Waals surface area (Å²) >= 11 is 6.03. The van der Waals surface area contributed by atoms with Gasteiger partial charge in [0.15, 0.2) is 6.10 Å². The van der Waals surface area contributed by atoms with Gasteiger partial charge < -0.3 is 26.4 Å². The number of nitrogens with zero attached hydrogens (tertiary/aromatic N) is 1. The van der Waals surface area contributed by atoms with Crippen molar-refractivity contribution in [2.24, 2.45) is 0 Å². The molecular weight excluding hydrogens is 708 g/mol. The largest absolute Gasteiger partial charge is 1.00 e. The van der Waals surface area contributed by atoms with Gasteiger partial charge in [0, 0.05) is 24.1 Å². The summed E-state index contributed by atoms with van der Waals surface area (Å²) in [4.78, 5) is 25.1. The lowest BCUT2D eigenvalue weighted by molar-refractivity contribution is -0.870. The lowest BCUT2D eigenvalue weighted by Gasteiger charge is -2.24. The first-order valence-corrected chi connectivity index (χ1v) is 23.2. The highest BCUT2D eigenvalue weighted by Crippen LogP contribution is 2.53. The van der Waals surface area contributed by atoms with Crippen molar-refractivity contribution < 1.29 is 49.6 Å². The van der Waals surface area contributed by atoms with Crippen LogP contribution in [0.15, 0.2) is 0 Å². The molecule has 0 amide bonds. The van der Waals surface area contributed by atoms with E-state index in [2.05, 4.69) is 13.8 Å². The van der Waals surface area contributed by atoms with Crippen LogP contribution in [0.4, 0.5) is 0 Å². The quantitative estimate of drug-likeness (QED) is 0.0267. The number of hydrogen-bond acceptors (Lipinski definition) is 7. The monoisotopic (exact) mass is 788 g/mol. The lowest BCUT2D eigenvalue weighted by atomic mass is 10.0. The van der Waals surface area contributed by atoms with Gasteiger partial charge in [-0.3, -0.25) is 18.6 Å². The molecule has 0 rings (SSSR count). The Hall–Kier alpha value is -0.370. The van der Waals surface area contributed by atoms with E-state index in [4.69, 9.17) is 29.8 Å². The predicted molar refractivity (Wildman–Crippen MR) is 210 cm³/mol. The molecule has 0 aromatic rings. The van der Waals surface area contributed by atoms with Crippen LogP contribution < -0.4 is 12.4 Å². The van der Waals surface area contributed by atoms with Gasteiger partial charge in [-0.1, -0.05) is 168 Å². The Kier molecular flexibility index (Phi) is 37.8. The van der Waals surface area contributed by atoms with Crippen LogP contribution in [-0.4, -0.2) is 70.0 Å². The summed E-state index contributed by atoms with van der Waals surface area (Å²) in [5.41, 5.74) is 0. The average Bonchev–Trinajstić information content (AvgIpc) is 3.06. The van der Waals surface area contributed by atoms with Gasteiger partial charge in [0.1, 0.15) is 19.8 Å². The zero-order valence-electron chi connectivity index (χ0n) is 33.7. The molecule has 0 N–H and O–H groups in total. The minimum Gasteiger partial charge on any atom is -1.00 e.